The number of nitrogens with two attached hydrogens (primary N) is 1. The third kappa shape index (κ3) is 5.12. The van der Waals surface area contributed by atoms with Gasteiger partial charge in [-0.2, -0.15) is 5.10 Å². The first-order valence-electron chi connectivity index (χ1n) is 5.03. The van der Waals surface area contributed by atoms with Gasteiger partial charge in [-0.1, -0.05) is 18.2 Å². The van der Waals surface area contributed by atoms with Gasteiger partial charge in [0.05, 0.1) is 12.8 Å². The van der Waals surface area contributed by atoms with E-state index in [1.807, 2.05) is 43.3 Å². The van der Waals surface area contributed by atoms with Gasteiger partial charge in [0, 0.05) is 0 Å². The van der Waals surface area contributed by atoms with Crippen molar-refractivity contribution in [3.8, 4) is 5.75 Å². The van der Waals surface area contributed by atoms with Crippen molar-refractivity contribution in [1.82, 2.24) is 5.43 Å². The van der Waals surface area contributed by atoms with Crippen LogP contribution in [0.3, 0.4) is 0 Å². The van der Waals surface area contributed by atoms with Crippen LogP contribution < -0.4 is 15.9 Å². The van der Waals surface area contributed by atoms with E-state index in [4.69, 9.17) is 10.5 Å². The summed E-state index contributed by atoms with van der Waals surface area (Å²) in [5.74, 6) is 0.822. The first-order valence-corrected chi connectivity index (χ1v) is 5.44. The van der Waals surface area contributed by atoms with Gasteiger partial charge in [0.1, 0.15) is 5.75 Å². The molecule has 0 aliphatic carbocycles. The second-order valence-electron chi connectivity index (χ2n) is 3.34. The first-order chi connectivity index (χ1) is 8.11. The Labute approximate surface area is 106 Å². The molecule has 0 radical (unpaired) electrons. The summed E-state index contributed by atoms with van der Waals surface area (Å²) in [4.78, 5) is 0. The summed E-state index contributed by atoms with van der Waals surface area (Å²) in [7, 11) is 1.64. The quantitative estimate of drug-likeness (QED) is 0.486. The Bertz CT molecular complexity index is 455. The maximum absolute atomic E-state index is 5.26. The lowest BCUT2D eigenvalue weighted by atomic mass is 10.2. The van der Waals surface area contributed by atoms with Gasteiger partial charge in [-0.05, 0) is 42.9 Å². The predicted molar refractivity (Wildman–Crippen MR) is 75.1 cm³/mol. The number of hydrogen-bond acceptors (Lipinski definition) is 3. The van der Waals surface area contributed by atoms with Gasteiger partial charge in [0.25, 0.3) is 0 Å². The topological polar surface area (TPSA) is 59.6 Å². The van der Waals surface area contributed by atoms with Crippen LogP contribution in [0.5, 0.6) is 5.75 Å². The van der Waals surface area contributed by atoms with E-state index in [2.05, 4.69) is 22.7 Å². The van der Waals surface area contributed by atoms with Crippen molar-refractivity contribution < 1.29 is 4.74 Å². The zero-order valence-corrected chi connectivity index (χ0v) is 10.6. The highest BCUT2D eigenvalue weighted by Gasteiger charge is 1.92. The van der Waals surface area contributed by atoms with Crippen molar-refractivity contribution in [2.45, 2.75) is 6.92 Å². The summed E-state index contributed by atoms with van der Waals surface area (Å²) in [6.45, 7) is 1.85. The van der Waals surface area contributed by atoms with Crippen LogP contribution in [0, 0.1) is 0 Å². The van der Waals surface area contributed by atoms with Crippen LogP contribution in [0.2, 0.25) is 0 Å². The lowest BCUT2D eigenvalue weighted by Gasteiger charge is -2.00. The van der Waals surface area contributed by atoms with Gasteiger partial charge in [0.2, 0.25) is 0 Å². The standard InChI is InChI=1S/C12H15N3OS/c1-9(14-15-12(13)17)6-7-10-4-3-5-11(8-10)16-2/h3-8H,1-2H3,(H3,13,15,17). The molecule has 4 nitrogen and oxygen atoms in total. The number of rotatable bonds is 4. The molecule has 0 atom stereocenters. The normalized spacial score (nSPS) is 11.5. The lowest BCUT2D eigenvalue weighted by molar-refractivity contribution is 0.414. The molecule has 3 N–H and O–H groups in total. The zero-order chi connectivity index (χ0) is 12.7. The Morgan fingerprint density at radius 3 is 2.94 bits per heavy atom. The second kappa shape index (κ2) is 6.65. The summed E-state index contributed by atoms with van der Waals surface area (Å²) in [6, 6.07) is 7.74. The minimum Gasteiger partial charge on any atom is -0.497 e. The van der Waals surface area contributed by atoms with Gasteiger partial charge in [-0.3, -0.25) is 5.43 Å². The Hall–Kier alpha value is -1.88. The molecule has 0 aliphatic heterocycles. The molecule has 0 saturated carbocycles. The Morgan fingerprint density at radius 1 is 1.53 bits per heavy atom. The molecule has 1 aromatic rings. The maximum Gasteiger partial charge on any atom is 0.184 e. The number of allylic oxidation sites excluding steroid dienone is 1. The molecule has 17 heavy (non-hydrogen) atoms. The molecular weight excluding hydrogens is 234 g/mol. The maximum atomic E-state index is 5.26. The number of hydrazone groups is 1. The third-order valence-corrected chi connectivity index (χ3v) is 2.04. The fourth-order valence-corrected chi connectivity index (χ4v) is 1.19. The molecule has 5 heteroatoms. The van der Waals surface area contributed by atoms with E-state index in [0.717, 1.165) is 17.0 Å². The van der Waals surface area contributed by atoms with Crippen molar-refractivity contribution in [1.29, 1.82) is 0 Å². The molecule has 0 saturated heterocycles. The molecule has 0 fully saturated rings. The third-order valence-electron chi connectivity index (χ3n) is 1.95. The van der Waals surface area contributed by atoms with Crippen molar-refractivity contribution >= 4 is 29.1 Å². The molecule has 0 bridgehead atoms. The van der Waals surface area contributed by atoms with Crippen LogP contribution >= 0.6 is 12.2 Å². The predicted octanol–water partition coefficient (Wildman–Crippen LogP) is 1.92. The molecule has 1 rings (SSSR count). The zero-order valence-electron chi connectivity index (χ0n) is 9.81. The number of benzene rings is 1. The average molecular weight is 249 g/mol. The molecule has 0 heterocycles. The highest BCUT2D eigenvalue weighted by atomic mass is 32.1. The first kappa shape index (κ1) is 13.2. The highest BCUT2D eigenvalue weighted by Crippen LogP contribution is 2.13. The van der Waals surface area contributed by atoms with E-state index in [1.54, 1.807) is 7.11 Å². The van der Waals surface area contributed by atoms with Gasteiger partial charge in [-0.25, -0.2) is 0 Å². The molecule has 0 spiro atoms. The summed E-state index contributed by atoms with van der Waals surface area (Å²) in [5, 5.41) is 4.12. The highest BCUT2D eigenvalue weighted by molar-refractivity contribution is 7.80. The number of hydrogen-bond donors (Lipinski definition) is 2. The lowest BCUT2D eigenvalue weighted by Crippen LogP contribution is -2.24. The van der Waals surface area contributed by atoms with Gasteiger partial charge in [-0.15, -0.1) is 0 Å². The van der Waals surface area contributed by atoms with Gasteiger partial charge in [0.15, 0.2) is 5.11 Å². The minimum absolute atomic E-state index is 0.152. The van der Waals surface area contributed by atoms with E-state index in [9.17, 15) is 0 Å². The van der Waals surface area contributed by atoms with E-state index in [0.29, 0.717) is 0 Å². The summed E-state index contributed by atoms with van der Waals surface area (Å²) in [6.07, 6.45) is 3.79. The van der Waals surface area contributed by atoms with Crippen LogP contribution in [0.4, 0.5) is 0 Å². The molecule has 0 aromatic heterocycles. The fraction of sp³-hybridized carbons (Fsp3) is 0.167. The number of ether oxygens (including phenoxy) is 1. The van der Waals surface area contributed by atoms with Crippen molar-refractivity contribution in [2.75, 3.05) is 7.11 Å². The van der Waals surface area contributed by atoms with E-state index < -0.39 is 0 Å². The molecule has 0 aliphatic rings. The number of nitrogens with one attached hydrogen (secondary N) is 1. The van der Waals surface area contributed by atoms with Crippen molar-refractivity contribution in [2.24, 2.45) is 10.8 Å². The molecule has 1 aromatic carbocycles. The number of methoxy groups -OCH3 is 1. The smallest absolute Gasteiger partial charge is 0.184 e. The Balaban J connectivity index is 2.69. The Kier molecular flexibility index (Phi) is 5.16. The van der Waals surface area contributed by atoms with Crippen LogP contribution in [0.1, 0.15) is 12.5 Å². The van der Waals surface area contributed by atoms with E-state index in [-0.39, 0.29) is 5.11 Å². The van der Waals surface area contributed by atoms with E-state index in [1.165, 1.54) is 0 Å². The largest absolute Gasteiger partial charge is 0.497 e. The fourth-order valence-electron chi connectivity index (χ4n) is 1.14. The Morgan fingerprint density at radius 2 is 2.29 bits per heavy atom. The molecule has 0 unspecified atom stereocenters. The monoisotopic (exact) mass is 249 g/mol. The molecule has 90 valence electrons. The van der Waals surface area contributed by atoms with Crippen LogP contribution in [-0.2, 0) is 0 Å². The SMILES string of the molecule is COc1cccc(C=CC(C)=NNC(N)=S)c1. The number of thiocarbonyl (C=S) groups is 1. The molecular formula is C12H15N3OS. The summed E-state index contributed by atoms with van der Waals surface area (Å²) in [5.41, 5.74) is 9.60. The average Bonchev–Trinajstić information content (AvgIpc) is 2.34. The van der Waals surface area contributed by atoms with E-state index >= 15 is 0 Å². The van der Waals surface area contributed by atoms with Crippen molar-refractivity contribution in [3.63, 3.8) is 0 Å². The summed E-state index contributed by atoms with van der Waals surface area (Å²) < 4.78 is 5.13. The second-order valence-corrected chi connectivity index (χ2v) is 3.78. The number of nitrogens with zero attached hydrogens (tertiary/aromatic N) is 1. The summed E-state index contributed by atoms with van der Waals surface area (Å²) >= 11 is 4.64. The minimum atomic E-state index is 0.152. The van der Waals surface area contributed by atoms with Gasteiger partial charge < -0.3 is 10.5 Å². The van der Waals surface area contributed by atoms with Crippen molar-refractivity contribution in [3.05, 3.63) is 35.9 Å². The molecule has 0 amide bonds. The van der Waals surface area contributed by atoms with Crippen LogP contribution in [-0.4, -0.2) is 17.9 Å². The van der Waals surface area contributed by atoms with Crippen LogP contribution in [0.25, 0.3) is 6.08 Å². The van der Waals surface area contributed by atoms with Crippen LogP contribution in [0.15, 0.2) is 35.4 Å². The van der Waals surface area contributed by atoms with Gasteiger partial charge >= 0.3 is 0 Å².